The van der Waals surface area contributed by atoms with Crippen LogP contribution < -0.4 is 16.0 Å². The number of amides is 3. The van der Waals surface area contributed by atoms with Crippen LogP contribution in [0.3, 0.4) is 0 Å². The molecule has 132 valence electrons. The molecule has 0 aromatic heterocycles. The fourth-order valence-corrected chi connectivity index (χ4v) is 2.55. The zero-order valence-corrected chi connectivity index (χ0v) is 16.1. The number of aryl methyl sites for hydroxylation is 1. The first-order chi connectivity index (χ1) is 11.9. The van der Waals surface area contributed by atoms with Gasteiger partial charge in [0.1, 0.15) is 6.04 Å². The van der Waals surface area contributed by atoms with E-state index in [1.165, 1.54) is 0 Å². The first-order valence-corrected chi connectivity index (χ1v) is 8.85. The number of carbonyl (C=O) groups excluding carboxylic acids is 2. The Labute approximate surface area is 156 Å². The van der Waals surface area contributed by atoms with Gasteiger partial charge in [-0.25, -0.2) is 4.79 Å². The van der Waals surface area contributed by atoms with Gasteiger partial charge in [0.25, 0.3) is 0 Å². The van der Waals surface area contributed by atoms with Gasteiger partial charge in [-0.15, -0.1) is 0 Å². The molecule has 0 aliphatic rings. The maximum Gasteiger partial charge on any atom is 0.319 e. The van der Waals surface area contributed by atoms with Crippen molar-refractivity contribution in [3.63, 3.8) is 0 Å². The van der Waals surface area contributed by atoms with E-state index in [9.17, 15) is 9.59 Å². The molecule has 0 fully saturated rings. The van der Waals surface area contributed by atoms with Crippen LogP contribution in [-0.2, 0) is 4.79 Å². The van der Waals surface area contributed by atoms with Crippen molar-refractivity contribution in [2.24, 2.45) is 5.92 Å². The van der Waals surface area contributed by atoms with Crippen molar-refractivity contribution in [1.29, 1.82) is 0 Å². The van der Waals surface area contributed by atoms with E-state index < -0.39 is 12.1 Å². The number of rotatable bonds is 5. The highest BCUT2D eigenvalue weighted by molar-refractivity contribution is 9.10. The number of urea groups is 1. The molecule has 25 heavy (non-hydrogen) atoms. The summed E-state index contributed by atoms with van der Waals surface area (Å²) >= 11 is 3.43. The lowest BCUT2D eigenvalue weighted by atomic mass is 10.0. The topological polar surface area (TPSA) is 70.2 Å². The van der Waals surface area contributed by atoms with E-state index in [1.54, 1.807) is 12.1 Å². The highest BCUT2D eigenvalue weighted by Gasteiger charge is 2.24. The highest BCUT2D eigenvalue weighted by atomic mass is 79.9. The summed E-state index contributed by atoms with van der Waals surface area (Å²) in [5.41, 5.74) is 2.39. The van der Waals surface area contributed by atoms with Crippen LogP contribution in [-0.4, -0.2) is 18.0 Å². The van der Waals surface area contributed by atoms with Gasteiger partial charge in [0.15, 0.2) is 0 Å². The van der Waals surface area contributed by atoms with Crippen LogP contribution in [0.5, 0.6) is 0 Å². The van der Waals surface area contributed by atoms with Crippen molar-refractivity contribution in [3.8, 4) is 0 Å². The third-order valence-electron chi connectivity index (χ3n) is 3.69. The first-order valence-electron chi connectivity index (χ1n) is 8.06. The molecule has 3 N–H and O–H groups in total. The Kier molecular flexibility index (Phi) is 6.58. The molecule has 1 unspecified atom stereocenters. The van der Waals surface area contributed by atoms with Gasteiger partial charge in [-0.2, -0.15) is 0 Å². The fraction of sp³-hybridized carbons (Fsp3) is 0.263. The van der Waals surface area contributed by atoms with Crippen LogP contribution in [0, 0.1) is 12.8 Å². The Morgan fingerprint density at radius 1 is 0.960 bits per heavy atom. The summed E-state index contributed by atoms with van der Waals surface area (Å²) in [6.07, 6.45) is 0. The van der Waals surface area contributed by atoms with E-state index in [1.807, 2.05) is 57.2 Å². The average Bonchev–Trinajstić information content (AvgIpc) is 2.56. The third-order valence-corrected chi connectivity index (χ3v) is 4.58. The van der Waals surface area contributed by atoms with Crippen LogP contribution in [0.25, 0.3) is 0 Å². The molecule has 0 radical (unpaired) electrons. The first kappa shape index (κ1) is 19.0. The minimum Gasteiger partial charge on any atom is -0.326 e. The Bertz CT molecular complexity index is 748. The molecule has 0 heterocycles. The SMILES string of the molecule is Cc1cc(NC(=O)C(NC(=O)Nc2ccccc2)C(C)C)ccc1Br. The number of anilines is 2. The molecule has 1 atom stereocenters. The largest absolute Gasteiger partial charge is 0.326 e. The average molecular weight is 404 g/mol. The predicted octanol–water partition coefficient (Wildman–Crippen LogP) is 4.54. The molecular formula is C19H22BrN3O2. The molecular weight excluding hydrogens is 382 g/mol. The number of para-hydroxylation sites is 1. The lowest BCUT2D eigenvalue weighted by Crippen LogP contribution is -2.48. The van der Waals surface area contributed by atoms with Crippen LogP contribution in [0.15, 0.2) is 53.0 Å². The molecule has 2 rings (SSSR count). The molecule has 5 nitrogen and oxygen atoms in total. The van der Waals surface area contributed by atoms with Crippen molar-refractivity contribution in [1.82, 2.24) is 5.32 Å². The molecule has 0 spiro atoms. The summed E-state index contributed by atoms with van der Waals surface area (Å²) in [6.45, 7) is 5.73. The quantitative estimate of drug-likeness (QED) is 0.685. The second-order valence-corrected chi connectivity index (χ2v) is 6.99. The summed E-state index contributed by atoms with van der Waals surface area (Å²) in [7, 11) is 0. The number of halogens is 1. The number of carbonyl (C=O) groups is 2. The van der Waals surface area contributed by atoms with Gasteiger partial charge in [0.2, 0.25) is 5.91 Å². The Hall–Kier alpha value is -2.34. The molecule has 2 aromatic carbocycles. The van der Waals surface area contributed by atoms with Crippen molar-refractivity contribution in [3.05, 3.63) is 58.6 Å². The van der Waals surface area contributed by atoms with Gasteiger partial charge < -0.3 is 16.0 Å². The summed E-state index contributed by atoms with van der Waals surface area (Å²) in [5, 5.41) is 8.32. The number of nitrogens with one attached hydrogen (secondary N) is 3. The standard InChI is InChI=1S/C19H22BrN3O2/c1-12(2)17(23-19(25)22-14-7-5-4-6-8-14)18(24)21-15-9-10-16(20)13(3)11-15/h4-12,17H,1-3H3,(H,21,24)(H2,22,23,25). The zero-order valence-electron chi connectivity index (χ0n) is 14.5. The van der Waals surface area contributed by atoms with Crippen LogP contribution in [0.2, 0.25) is 0 Å². The minimum atomic E-state index is -0.646. The summed E-state index contributed by atoms with van der Waals surface area (Å²) < 4.78 is 0.978. The van der Waals surface area contributed by atoms with Crippen molar-refractivity contribution < 1.29 is 9.59 Å². The smallest absolute Gasteiger partial charge is 0.319 e. The molecule has 0 aliphatic heterocycles. The van der Waals surface area contributed by atoms with Gasteiger partial charge in [-0.05, 0) is 48.7 Å². The monoisotopic (exact) mass is 403 g/mol. The Morgan fingerprint density at radius 2 is 1.64 bits per heavy atom. The Morgan fingerprint density at radius 3 is 2.24 bits per heavy atom. The van der Waals surface area contributed by atoms with E-state index in [-0.39, 0.29) is 11.8 Å². The van der Waals surface area contributed by atoms with Crippen molar-refractivity contribution in [2.45, 2.75) is 26.8 Å². The van der Waals surface area contributed by atoms with Crippen LogP contribution in [0.1, 0.15) is 19.4 Å². The summed E-state index contributed by atoms with van der Waals surface area (Å²) in [4.78, 5) is 24.7. The molecule has 2 aromatic rings. The summed E-state index contributed by atoms with van der Waals surface area (Å²) in [5.74, 6) is -0.307. The minimum absolute atomic E-state index is 0.0573. The van der Waals surface area contributed by atoms with Gasteiger partial charge >= 0.3 is 6.03 Å². The second kappa shape index (κ2) is 8.67. The van der Waals surface area contributed by atoms with E-state index in [0.29, 0.717) is 11.4 Å². The third kappa shape index (κ3) is 5.60. The van der Waals surface area contributed by atoms with E-state index in [0.717, 1.165) is 10.0 Å². The van der Waals surface area contributed by atoms with Crippen LogP contribution >= 0.6 is 15.9 Å². The number of hydrogen-bond donors (Lipinski definition) is 3. The number of hydrogen-bond acceptors (Lipinski definition) is 2. The zero-order chi connectivity index (χ0) is 18.4. The second-order valence-electron chi connectivity index (χ2n) is 6.14. The van der Waals surface area contributed by atoms with E-state index >= 15 is 0 Å². The molecule has 0 saturated carbocycles. The highest BCUT2D eigenvalue weighted by Crippen LogP contribution is 2.20. The predicted molar refractivity (Wildman–Crippen MR) is 105 cm³/mol. The molecule has 3 amide bonds. The van der Waals surface area contributed by atoms with Crippen molar-refractivity contribution in [2.75, 3.05) is 10.6 Å². The maximum absolute atomic E-state index is 12.6. The molecule has 0 aliphatic carbocycles. The van der Waals surface area contributed by atoms with Gasteiger partial charge in [0, 0.05) is 15.8 Å². The fourth-order valence-electron chi connectivity index (χ4n) is 2.31. The van der Waals surface area contributed by atoms with Gasteiger partial charge in [-0.3, -0.25) is 4.79 Å². The van der Waals surface area contributed by atoms with E-state index in [4.69, 9.17) is 0 Å². The lowest BCUT2D eigenvalue weighted by Gasteiger charge is -2.22. The summed E-state index contributed by atoms with van der Waals surface area (Å²) in [6, 6.07) is 13.6. The van der Waals surface area contributed by atoms with Gasteiger partial charge in [0.05, 0.1) is 0 Å². The number of benzene rings is 2. The molecule has 0 saturated heterocycles. The van der Waals surface area contributed by atoms with Crippen molar-refractivity contribution >= 4 is 39.2 Å². The van der Waals surface area contributed by atoms with Gasteiger partial charge in [-0.1, -0.05) is 48.0 Å². The normalized spacial score (nSPS) is 11.7. The van der Waals surface area contributed by atoms with E-state index in [2.05, 4.69) is 31.9 Å². The molecule has 6 heteroatoms. The van der Waals surface area contributed by atoms with Crippen LogP contribution in [0.4, 0.5) is 16.2 Å². The maximum atomic E-state index is 12.6. The Balaban J connectivity index is 2.02. The lowest BCUT2D eigenvalue weighted by molar-refractivity contribution is -0.118. The molecule has 0 bridgehead atoms.